The molecule has 266 valence electrons. The number of nitriles is 1. The lowest BCUT2D eigenvalue weighted by molar-refractivity contribution is -0.126. The maximum absolute atomic E-state index is 17.4. The zero-order chi connectivity index (χ0) is 35.8. The number of carbonyl (C=O) groups excluding carboxylic acids is 1. The number of hydrogen-bond acceptors (Lipinski definition) is 10. The van der Waals surface area contributed by atoms with Crippen LogP contribution in [-0.4, -0.2) is 88.9 Å². The molecular weight excluding hydrogens is 703 g/mol. The van der Waals surface area contributed by atoms with Gasteiger partial charge in [-0.2, -0.15) is 15.2 Å². The van der Waals surface area contributed by atoms with Gasteiger partial charge in [0.25, 0.3) is 0 Å². The van der Waals surface area contributed by atoms with Crippen LogP contribution in [0, 0.1) is 23.0 Å². The summed E-state index contributed by atoms with van der Waals surface area (Å²) in [6, 6.07) is 4.05. The van der Waals surface area contributed by atoms with Crippen LogP contribution in [0.25, 0.3) is 32.1 Å². The fourth-order valence-electron chi connectivity index (χ4n) is 8.64. The highest BCUT2D eigenvalue weighted by Crippen LogP contribution is 2.51. The first-order valence-electron chi connectivity index (χ1n) is 17.0. The Bertz CT molecular complexity index is 2160. The number of fused-ring (bicyclic) bond motifs is 2. The predicted molar refractivity (Wildman–Crippen MR) is 190 cm³/mol. The number of hydrogen-bond donors (Lipinski definition) is 1. The number of anilines is 2. The first kappa shape index (κ1) is 33.8. The third-order valence-electron chi connectivity index (χ3n) is 11.0. The van der Waals surface area contributed by atoms with Crippen LogP contribution in [0.1, 0.15) is 44.6 Å². The number of likely N-dealkylation sites (tertiary alicyclic amines) is 1. The molecule has 51 heavy (non-hydrogen) atoms. The third-order valence-corrected chi connectivity index (χ3v) is 12.4. The van der Waals surface area contributed by atoms with Crippen molar-refractivity contribution in [2.75, 3.05) is 50.0 Å². The van der Waals surface area contributed by atoms with Crippen LogP contribution in [0.15, 0.2) is 24.8 Å². The van der Waals surface area contributed by atoms with Crippen LogP contribution in [0.5, 0.6) is 11.8 Å². The molecule has 0 spiro atoms. The Hall–Kier alpha value is -4.32. The van der Waals surface area contributed by atoms with Gasteiger partial charge in [0, 0.05) is 43.0 Å². The number of benzene rings is 2. The molecule has 0 unspecified atom stereocenters. The Morgan fingerprint density at radius 3 is 2.88 bits per heavy atom. The lowest BCUT2D eigenvalue weighted by Crippen LogP contribution is -2.46. The van der Waals surface area contributed by atoms with Crippen LogP contribution in [0.3, 0.4) is 0 Å². The predicted octanol–water partition coefficient (Wildman–Crippen LogP) is 6.62. The minimum absolute atomic E-state index is 0.0131. The topological polar surface area (TPSA) is 121 Å². The second kappa shape index (κ2) is 12.7. The number of alkyl halides is 1. The van der Waals surface area contributed by atoms with Gasteiger partial charge in [0.05, 0.1) is 38.9 Å². The lowest BCUT2D eigenvalue weighted by atomic mass is 9.95. The molecule has 4 atom stereocenters. The van der Waals surface area contributed by atoms with Crippen molar-refractivity contribution in [1.29, 1.82) is 5.26 Å². The highest BCUT2D eigenvalue weighted by Gasteiger charge is 2.49. The zero-order valence-electron chi connectivity index (χ0n) is 27.9. The molecule has 2 aromatic carbocycles. The van der Waals surface area contributed by atoms with E-state index in [1.54, 1.807) is 4.90 Å². The van der Waals surface area contributed by atoms with Gasteiger partial charge in [0.15, 0.2) is 11.6 Å². The molecule has 0 aliphatic carbocycles. The molecule has 2 N–H and O–H groups in total. The lowest BCUT2D eigenvalue weighted by Gasteiger charge is -2.36. The Morgan fingerprint density at radius 1 is 1.27 bits per heavy atom. The average molecular weight is 738 g/mol. The summed E-state index contributed by atoms with van der Waals surface area (Å²) in [4.78, 5) is 28.2. The summed E-state index contributed by atoms with van der Waals surface area (Å²) < 4.78 is 59.8. The maximum Gasteiger partial charge on any atom is 0.319 e. The number of nitrogens with zero attached hydrogens (tertiary/aromatic N) is 6. The highest BCUT2D eigenvalue weighted by molar-refractivity contribution is 7.23. The highest BCUT2D eigenvalue weighted by atomic mass is 35.5. The van der Waals surface area contributed by atoms with Crippen molar-refractivity contribution < 1.29 is 27.4 Å². The van der Waals surface area contributed by atoms with E-state index in [0.29, 0.717) is 44.7 Å². The summed E-state index contributed by atoms with van der Waals surface area (Å²) in [5, 5.41) is 10.3. The van der Waals surface area contributed by atoms with Gasteiger partial charge in [-0.1, -0.05) is 24.2 Å². The molecule has 0 radical (unpaired) electrons. The van der Waals surface area contributed by atoms with E-state index in [0.717, 1.165) is 30.7 Å². The van der Waals surface area contributed by atoms with Crippen molar-refractivity contribution in [2.45, 2.75) is 62.8 Å². The van der Waals surface area contributed by atoms with Gasteiger partial charge >= 0.3 is 6.01 Å². The van der Waals surface area contributed by atoms with E-state index >= 15 is 8.78 Å². The second-order valence-corrected chi connectivity index (χ2v) is 15.2. The number of carbonyl (C=O) groups is 1. The molecule has 4 aliphatic rings. The van der Waals surface area contributed by atoms with Crippen molar-refractivity contribution in [3.05, 3.63) is 47.0 Å². The molecule has 2 aromatic heterocycles. The van der Waals surface area contributed by atoms with E-state index in [4.69, 9.17) is 31.8 Å². The van der Waals surface area contributed by atoms with Gasteiger partial charge in [0.2, 0.25) is 5.91 Å². The maximum atomic E-state index is 17.4. The van der Waals surface area contributed by atoms with E-state index in [-0.39, 0.29) is 90.7 Å². The Kier molecular flexibility index (Phi) is 8.43. The Labute approximate surface area is 301 Å². The summed E-state index contributed by atoms with van der Waals surface area (Å²) in [5.41, 5.74) is 5.50. The normalized spacial score (nSPS) is 24.7. The van der Waals surface area contributed by atoms with E-state index in [2.05, 4.69) is 21.4 Å². The second-order valence-electron chi connectivity index (χ2n) is 13.7. The van der Waals surface area contributed by atoms with Crippen molar-refractivity contribution >= 4 is 60.7 Å². The van der Waals surface area contributed by atoms with Crippen LogP contribution in [-0.2, 0) is 4.79 Å². The molecule has 6 heterocycles. The summed E-state index contributed by atoms with van der Waals surface area (Å²) in [6.45, 7) is 8.02. The summed E-state index contributed by atoms with van der Waals surface area (Å²) in [7, 11) is 0. The van der Waals surface area contributed by atoms with Crippen molar-refractivity contribution in [2.24, 2.45) is 0 Å². The van der Waals surface area contributed by atoms with Gasteiger partial charge in [-0.15, -0.1) is 11.3 Å². The minimum atomic E-state index is -0.973. The number of halogens is 4. The summed E-state index contributed by atoms with van der Waals surface area (Å²) >= 11 is 8.00. The first-order valence-corrected chi connectivity index (χ1v) is 18.2. The number of ether oxygens (including phenoxy) is 2. The van der Waals surface area contributed by atoms with Crippen molar-refractivity contribution in [3.63, 3.8) is 0 Å². The van der Waals surface area contributed by atoms with Crippen LogP contribution < -0.4 is 20.1 Å². The molecule has 4 aliphatic heterocycles. The smallest absolute Gasteiger partial charge is 0.319 e. The van der Waals surface area contributed by atoms with Crippen LogP contribution >= 0.6 is 22.9 Å². The van der Waals surface area contributed by atoms with E-state index in [1.165, 1.54) is 18.2 Å². The molecular formula is C36H35ClF3N7O3S. The average Bonchev–Trinajstić information content (AvgIpc) is 3.85. The summed E-state index contributed by atoms with van der Waals surface area (Å²) in [5.74, 6) is -1.17. The monoisotopic (exact) mass is 737 g/mol. The fourth-order valence-corrected chi connectivity index (χ4v) is 9.92. The van der Waals surface area contributed by atoms with Gasteiger partial charge in [-0.05, 0) is 56.9 Å². The molecule has 4 aromatic rings. The van der Waals surface area contributed by atoms with E-state index in [1.807, 2.05) is 13.0 Å². The molecule has 0 saturated carbocycles. The number of thiophene rings is 1. The van der Waals surface area contributed by atoms with Gasteiger partial charge in [0.1, 0.15) is 41.0 Å². The molecule has 15 heteroatoms. The molecule has 8 rings (SSSR count). The van der Waals surface area contributed by atoms with Gasteiger partial charge in [-0.3, -0.25) is 9.69 Å². The van der Waals surface area contributed by atoms with Crippen molar-refractivity contribution in [3.8, 4) is 29.0 Å². The number of nitrogens with two attached hydrogens (primary N) is 1. The van der Waals surface area contributed by atoms with Crippen molar-refractivity contribution in [1.82, 2.24) is 19.8 Å². The Balaban J connectivity index is 1.35. The minimum Gasteiger partial charge on any atom is -0.491 e. The molecule has 3 saturated heterocycles. The molecule has 1 amide bonds. The van der Waals surface area contributed by atoms with E-state index < -0.39 is 23.3 Å². The van der Waals surface area contributed by atoms with Gasteiger partial charge in [-0.25, -0.2) is 13.2 Å². The number of aromatic nitrogens is 2. The third kappa shape index (κ3) is 5.26. The first-order chi connectivity index (χ1) is 24.6. The number of nitrogen functional groups attached to an aromatic ring is 1. The molecule has 3 fully saturated rings. The SMILES string of the molecule is C=CC(=O)N1CC[C@@H](N2CCCOc3c(Cl)c(-c4ccc(F)c5sc(N)c(C#N)c45)c(F)c4nc(OC[C@@]56CCCN5C[C@H](F)C6)nc2c34)[C@H]1C. The summed E-state index contributed by atoms with van der Waals surface area (Å²) in [6.07, 6.45) is 3.47. The van der Waals surface area contributed by atoms with Crippen LogP contribution in [0.4, 0.5) is 24.0 Å². The Morgan fingerprint density at radius 2 is 2.10 bits per heavy atom. The molecule has 10 nitrogen and oxygen atoms in total. The molecule has 0 bridgehead atoms. The van der Waals surface area contributed by atoms with E-state index in [9.17, 15) is 14.4 Å². The quantitative estimate of drug-likeness (QED) is 0.218. The standard InChI is InChI=1S/C36H35ClF3N7O3S/c1-3-24(48)46-12-8-23(18(46)2)47-11-5-13-49-31-27-30(43-35(44-34(27)47)50-17-36-9-4-10-45(36)16-19(38)14-36)29(40)26(28(31)37)20-6-7-22(39)32-25(20)21(15-41)33(42)51-32/h3,6-7,18-19,23H,1,4-5,8-14,16-17,42H2,2H3/t18-,19-,23-,36+/m1/s1. The fraction of sp³-hybridized carbons (Fsp3) is 0.444. The number of amides is 1. The van der Waals surface area contributed by atoms with Gasteiger partial charge < -0.3 is 25.0 Å². The largest absolute Gasteiger partial charge is 0.491 e. The number of rotatable bonds is 6. The van der Waals surface area contributed by atoms with Crippen LogP contribution in [0.2, 0.25) is 5.02 Å². The zero-order valence-corrected chi connectivity index (χ0v) is 29.4.